The molecule has 0 aliphatic heterocycles. The number of aromatic nitrogens is 1. The number of aliphatic hydroxyl groups excluding tert-OH is 1. The molecule has 5 nitrogen and oxygen atoms in total. The molecule has 0 saturated heterocycles. The number of benzene rings is 1. The molecule has 1 aromatic heterocycles. The first-order chi connectivity index (χ1) is 9.24. The predicted molar refractivity (Wildman–Crippen MR) is 75.1 cm³/mol. The standard InChI is InChI=1S/C14H17N3O2/c1-2-11(9-18)16-14(19)17-12-7-3-5-10-6-4-8-15-13(10)12/h3-8,11,18H,2,9H2,1H3,(H2,16,17,19). The van der Waals surface area contributed by atoms with Crippen molar-refractivity contribution in [1.29, 1.82) is 0 Å². The van der Waals surface area contributed by atoms with Crippen molar-refractivity contribution in [1.82, 2.24) is 10.3 Å². The molecule has 0 radical (unpaired) electrons. The van der Waals surface area contributed by atoms with Crippen LogP contribution in [0, 0.1) is 0 Å². The summed E-state index contributed by atoms with van der Waals surface area (Å²) in [6, 6.07) is 8.83. The average Bonchev–Trinajstić information content (AvgIpc) is 2.45. The summed E-state index contributed by atoms with van der Waals surface area (Å²) in [6.45, 7) is 1.83. The van der Waals surface area contributed by atoms with Crippen LogP contribution in [0.25, 0.3) is 10.9 Å². The first kappa shape index (κ1) is 13.3. The zero-order valence-electron chi connectivity index (χ0n) is 10.8. The molecular formula is C14H17N3O2. The molecule has 2 amide bonds. The highest BCUT2D eigenvalue weighted by Crippen LogP contribution is 2.20. The van der Waals surface area contributed by atoms with Gasteiger partial charge in [0, 0.05) is 11.6 Å². The number of carbonyl (C=O) groups is 1. The molecule has 0 spiro atoms. The lowest BCUT2D eigenvalue weighted by Crippen LogP contribution is -2.39. The first-order valence-electron chi connectivity index (χ1n) is 6.26. The number of nitrogens with zero attached hydrogens (tertiary/aromatic N) is 1. The lowest BCUT2D eigenvalue weighted by molar-refractivity contribution is 0.222. The Hall–Kier alpha value is -2.14. The Balaban J connectivity index is 2.15. The van der Waals surface area contributed by atoms with Gasteiger partial charge in [0.15, 0.2) is 0 Å². The molecule has 0 aliphatic rings. The first-order valence-corrected chi connectivity index (χ1v) is 6.26. The van der Waals surface area contributed by atoms with Gasteiger partial charge in [-0.25, -0.2) is 4.79 Å². The fourth-order valence-corrected chi connectivity index (χ4v) is 1.83. The van der Waals surface area contributed by atoms with Gasteiger partial charge in [-0.15, -0.1) is 0 Å². The third kappa shape index (κ3) is 3.20. The molecule has 1 unspecified atom stereocenters. The van der Waals surface area contributed by atoms with E-state index in [9.17, 15) is 4.79 Å². The number of nitrogens with one attached hydrogen (secondary N) is 2. The molecular weight excluding hydrogens is 242 g/mol. The number of pyridine rings is 1. The lowest BCUT2D eigenvalue weighted by atomic mass is 10.2. The molecule has 19 heavy (non-hydrogen) atoms. The summed E-state index contributed by atoms with van der Waals surface area (Å²) in [6.07, 6.45) is 2.37. The van der Waals surface area contributed by atoms with E-state index in [0.717, 1.165) is 10.9 Å². The number of hydrogen-bond donors (Lipinski definition) is 3. The van der Waals surface area contributed by atoms with Crippen LogP contribution in [-0.2, 0) is 0 Å². The Kier molecular flexibility index (Phi) is 4.30. The molecule has 0 fully saturated rings. The lowest BCUT2D eigenvalue weighted by Gasteiger charge is -2.15. The Morgan fingerprint density at radius 1 is 1.37 bits per heavy atom. The highest BCUT2D eigenvalue weighted by molar-refractivity contribution is 5.99. The molecule has 2 rings (SSSR count). The maximum atomic E-state index is 11.8. The number of amides is 2. The molecule has 100 valence electrons. The quantitative estimate of drug-likeness (QED) is 0.787. The van der Waals surface area contributed by atoms with Crippen molar-refractivity contribution in [2.45, 2.75) is 19.4 Å². The number of carbonyl (C=O) groups excluding carboxylic acids is 1. The van der Waals surface area contributed by atoms with E-state index in [0.29, 0.717) is 12.1 Å². The topological polar surface area (TPSA) is 74.2 Å². The second-order valence-electron chi connectivity index (χ2n) is 4.27. The predicted octanol–water partition coefficient (Wildman–Crippen LogP) is 2.13. The van der Waals surface area contributed by atoms with Crippen molar-refractivity contribution in [2.75, 3.05) is 11.9 Å². The van der Waals surface area contributed by atoms with Gasteiger partial charge in [-0.2, -0.15) is 0 Å². The van der Waals surface area contributed by atoms with Crippen molar-refractivity contribution >= 4 is 22.6 Å². The van der Waals surface area contributed by atoms with Crippen molar-refractivity contribution < 1.29 is 9.90 Å². The third-order valence-corrected chi connectivity index (χ3v) is 2.93. The fraction of sp³-hybridized carbons (Fsp3) is 0.286. The van der Waals surface area contributed by atoms with Crippen LogP contribution in [0.1, 0.15) is 13.3 Å². The highest BCUT2D eigenvalue weighted by Gasteiger charge is 2.10. The number of aliphatic hydroxyl groups is 1. The maximum absolute atomic E-state index is 11.8. The molecule has 3 N–H and O–H groups in total. The maximum Gasteiger partial charge on any atom is 0.319 e. The minimum absolute atomic E-state index is 0.0717. The van der Waals surface area contributed by atoms with E-state index in [2.05, 4.69) is 15.6 Å². The van der Waals surface area contributed by atoms with E-state index in [-0.39, 0.29) is 18.7 Å². The van der Waals surface area contributed by atoms with E-state index >= 15 is 0 Å². The summed E-state index contributed by atoms with van der Waals surface area (Å²) in [5.74, 6) is 0. The Morgan fingerprint density at radius 2 is 2.16 bits per heavy atom. The average molecular weight is 259 g/mol. The van der Waals surface area contributed by atoms with Crippen LogP contribution in [0.4, 0.5) is 10.5 Å². The van der Waals surface area contributed by atoms with Gasteiger partial charge in [-0.3, -0.25) is 4.98 Å². The minimum Gasteiger partial charge on any atom is -0.394 e. The molecule has 5 heteroatoms. The van der Waals surface area contributed by atoms with Gasteiger partial charge in [-0.05, 0) is 18.6 Å². The molecule has 1 atom stereocenters. The summed E-state index contributed by atoms with van der Waals surface area (Å²) in [5.41, 5.74) is 1.40. The second kappa shape index (κ2) is 6.15. The van der Waals surface area contributed by atoms with E-state index in [1.807, 2.05) is 31.2 Å². The van der Waals surface area contributed by atoms with E-state index in [1.54, 1.807) is 12.3 Å². The number of para-hydroxylation sites is 1. The van der Waals surface area contributed by atoms with Gasteiger partial charge in [0.05, 0.1) is 23.9 Å². The summed E-state index contributed by atoms with van der Waals surface area (Å²) in [4.78, 5) is 16.1. The van der Waals surface area contributed by atoms with Gasteiger partial charge in [0.25, 0.3) is 0 Å². The number of urea groups is 1. The van der Waals surface area contributed by atoms with Crippen molar-refractivity contribution in [3.05, 3.63) is 36.5 Å². The van der Waals surface area contributed by atoms with Crippen LogP contribution in [0.3, 0.4) is 0 Å². The monoisotopic (exact) mass is 259 g/mol. The Morgan fingerprint density at radius 3 is 2.89 bits per heavy atom. The molecule has 0 bridgehead atoms. The van der Waals surface area contributed by atoms with Gasteiger partial charge >= 0.3 is 6.03 Å². The van der Waals surface area contributed by atoms with Gasteiger partial charge in [0.1, 0.15) is 0 Å². The molecule has 2 aromatic rings. The Labute approximate surface area is 111 Å². The van der Waals surface area contributed by atoms with Gasteiger partial charge in [0.2, 0.25) is 0 Å². The third-order valence-electron chi connectivity index (χ3n) is 2.93. The fourth-order valence-electron chi connectivity index (χ4n) is 1.83. The molecule has 1 heterocycles. The summed E-state index contributed by atoms with van der Waals surface area (Å²) >= 11 is 0. The van der Waals surface area contributed by atoms with Crippen LogP contribution >= 0.6 is 0 Å². The molecule has 0 saturated carbocycles. The van der Waals surface area contributed by atoms with Crippen LogP contribution in [0.15, 0.2) is 36.5 Å². The molecule has 0 aliphatic carbocycles. The van der Waals surface area contributed by atoms with E-state index in [4.69, 9.17) is 5.11 Å². The van der Waals surface area contributed by atoms with E-state index in [1.165, 1.54) is 0 Å². The van der Waals surface area contributed by atoms with E-state index < -0.39 is 0 Å². The van der Waals surface area contributed by atoms with Crippen LogP contribution in [-0.4, -0.2) is 28.8 Å². The van der Waals surface area contributed by atoms with Crippen LogP contribution in [0.5, 0.6) is 0 Å². The van der Waals surface area contributed by atoms with Crippen LogP contribution < -0.4 is 10.6 Å². The van der Waals surface area contributed by atoms with Crippen molar-refractivity contribution in [3.63, 3.8) is 0 Å². The number of fused-ring (bicyclic) bond motifs is 1. The highest BCUT2D eigenvalue weighted by atomic mass is 16.3. The minimum atomic E-state index is -0.334. The van der Waals surface area contributed by atoms with Crippen molar-refractivity contribution in [3.8, 4) is 0 Å². The molecule has 1 aromatic carbocycles. The van der Waals surface area contributed by atoms with Crippen molar-refractivity contribution in [2.24, 2.45) is 0 Å². The summed E-state index contributed by atoms with van der Waals surface area (Å²) in [7, 11) is 0. The summed E-state index contributed by atoms with van der Waals surface area (Å²) in [5, 5.41) is 15.5. The Bertz CT molecular complexity index is 562. The number of rotatable bonds is 4. The number of anilines is 1. The van der Waals surface area contributed by atoms with Gasteiger partial charge in [-0.1, -0.05) is 25.1 Å². The number of hydrogen-bond acceptors (Lipinski definition) is 3. The zero-order valence-corrected chi connectivity index (χ0v) is 10.8. The summed E-state index contributed by atoms with van der Waals surface area (Å²) < 4.78 is 0. The zero-order chi connectivity index (χ0) is 13.7. The smallest absolute Gasteiger partial charge is 0.319 e. The second-order valence-corrected chi connectivity index (χ2v) is 4.27. The van der Waals surface area contributed by atoms with Gasteiger partial charge < -0.3 is 15.7 Å². The van der Waals surface area contributed by atoms with Crippen LogP contribution in [0.2, 0.25) is 0 Å². The largest absolute Gasteiger partial charge is 0.394 e. The normalized spacial score (nSPS) is 12.1. The SMILES string of the molecule is CCC(CO)NC(=O)Nc1cccc2cccnc12.